The molecule has 0 saturated heterocycles. The van der Waals surface area contributed by atoms with E-state index in [1.54, 1.807) is 8.93 Å². The molecule has 1 aromatic rings. The van der Waals surface area contributed by atoms with Gasteiger partial charge in [-0.3, -0.25) is 0 Å². The third-order valence-corrected chi connectivity index (χ3v) is 11.5. The Morgan fingerprint density at radius 2 is 1.81 bits per heavy atom. The van der Waals surface area contributed by atoms with Crippen LogP contribution in [-0.2, 0) is 0 Å². The summed E-state index contributed by atoms with van der Waals surface area (Å²) in [6, 6.07) is 2.22. The van der Waals surface area contributed by atoms with Crippen molar-refractivity contribution in [2.75, 3.05) is 0 Å². The summed E-state index contributed by atoms with van der Waals surface area (Å²) in [6.45, 7) is 7.79. The van der Waals surface area contributed by atoms with Gasteiger partial charge in [0, 0.05) is 33.2 Å². The zero-order chi connectivity index (χ0) is 18.8. The first-order chi connectivity index (χ1) is 13.0. The van der Waals surface area contributed by atoms with Crippen molar-refractivity contribution in [2.24, 2.45) is 40.4 Å². The highest BCUT2D eigenvalue weighted by Gasteiger charge is 2.60. The molecule has 4 aliphatic rings. The topological polar surface area (TPSA) is 26.0 Å². The molecule has 8 atom stereocenters. The summed E-state index contributed by atoms with van der Waals surface area (Å²) in [7, 11) is 1.65. The molecule has 5 rings (SSSR count). The maximum atomic E-state index is 5.56. The van der Waals surface area contributed by atoms with E-state index in [1.807, 2.05) is 0 Å². The summed E-state index contributed by atoms with van der Waals surface area (Å²) in [6.07, 6.45) is 13.1. The van der Waals surface area contributed by atoms with E-state index < -0.39 is 0 Å². The largest absolute Gasteiger partial charge is 0.349 e. The Morgan fingerprint density at radius 3 is 2.59 bits per heavy atom. The van der Waals surface area contributed by atoms with E-state index in [-0.39, 0.29) is 0 Å². The Hall–Kier alpha value is 0.290. The van der Waals surface area contributed by atoms with Gasteiger partial charge in [0.15, 0.2) is 0 Å². The molecule has 0 amide bonds. The van der Waals surface area contributed by atoms with E-state index >= 15 is 0 Å². The van der Waals surface area contributed by atoms with Gasteiger partial charge in [0.1, 0.15) is 0 Å². The van der Waals surface area contributed by atoms with Crippen LogP contribution in [0, 0.1) is 40.4 Å². The number of nitrogens with zero attached hydrogens (tertiary/aromatic N) is 1. The van der Waals surface area contributed by atoms with Crippen LogP contribution in [0.1, 0.15) is 90.2 Å². The molecule has 0 bridgehead atoms. The molecule has 2 nitrogen and oxygen atoms in total. The average molecular weight is 500 g/mol. The van der Waals surface area contributed by atoms with Crippen LogP contribution in [0.5, 0.6) is 0 Å². The predicted molar refractivity (Wildman–Crippen MR) is 120 cm³/mol. The van der Waals surface area contributed by atoms with Crippen molar-refractivity contribution in [3.05, 3.63) is 11.8 Å². The van der Waals surface area contributed by atoms with Crippen molar-refractivity contribution >= 4 is 30.1 Å². The zero-order valence-corrected chi connectivity index (χ0v) is 20.0. The monoisotopic (exact) mass is 499 g/mol. The maximum absolute atomic E-state index is 5.56. The lowest BCUT2D eigenvalue weighted by molar-refractivity contribution is -0.112. The summed E-state index contributed by atoms with van der Waals surface area (Å²) in [5.41, 5.74) is 2.31. The Kier molecular flexibility index (Phi) is 4.94. The zero-order valence-electron chi connectivity index (χ0n) is 17.0. The molecule has 150 valence electrons. The predicted octanol–water partition coefficient (Wildman–Crippen LogP) is 7.88. The second kappa shape index (κ2) is 6.92. The van der Waals surface area contributed by atoms with Crippen LogP contribution in [-0.4, -0.2) is 5.16 Å². The normalized spacial score (nSPS) is 49.3. The Balaban J connectivity index is 1.41. The van der Waals surface area contributed by atoms with E-state index in [9.17, 15) is 0 Å². The number of hydrogen-bond donors (Lipinski definition) is 0. The molecule has 1 aromatic heterocycles. The second-order valence-electron chi connectivity index (χ2n) is 10.9. The fraction of sp³-hybridized carbons (Fsp3) is 0.870. The van der Waals surface area contributed by atoms with Gasteiger partial charge in [-0.15, -0.1) is 0 Å². The molecule has 0 aliphatic heterocycles. The molecule has 27 heavy (non-hydrogen) atoms. The first kappa shape index (κ1) is 19.3. The molecule has 1 heterocycles. The van der Waals surface area contributed by atoms with Crippen LogP contribution in [0.15, 0.2) is 15.7 Å². The quantitative estimate of drug-likeness (QED) is 0.387. The van der Waals surface area contributed by atoms with Crippen LogP contribution < -0.4 is 0 Å². The lowest BCUT2D eigenvalue weighted by atomic mass is 9.44. The van der Waals surface area contributed by atoms with Gasteiger partial charge in [0.25, 0.3) is 0 Å². The minimum atomic E-state index is 0.441. The van der Waals surface area contributed by atoms with Gasteiger partial charge in [-0.25, -0.2) is 0 Å². The first-order valence-corrected chi connectivity index (χ1v) is 14.6. The Bertz CT molecular complexity index is 706. The van der Waals surface area contributed by atoms with Crippen molar-refractivity contribution in [3.8, 4) is 0 Å². The minimum absolute atomic E-state index is 0.441. The van der Waals surface area contributed by atoms with Crippen LogP contribution in [0.3, 0.4) is 0 Å². The van der Waals surface area contributed by atoms with Gasteiger partial charge in [-0.1, -0.05) is 32.3 Å². The molecular weight excluding hydrogens is 465 g/mol. The van der Waals surface area contributed by atoms with Gasteiger partial charge < -0.3 is 4.52 Å². The third-order valence-electron chi connectivity index (χ3n) is 9.87. The fourth-order valence-electron chi connectivity index (χ4n) is 8.43. The number of aromatic nitrogens is 1. The van der Waals surface area contributed by atoms with E-state index in [2.05, 4.69) is 53.2 Å². The second-order valence-corrected chi connectivity index (χ2v) is 12.7. The van der Waals surface area contributed by atoms with Crippen molar-refractivity contribution < 1.29 is 4.52 Å². The smallest absolute Gasteiger partial charge is 0.203 e. The molecule has 8 unspecified atom stereocenters. The Morgan fingerprint density at radius 1 is 1.04 bits per heavy atom. The van der Waals surface area contributed by atoms with Gasteiger partial charge in [-0.2, -0.15) is 0 Å². The summed E-state index contributed by atoms with van der Waals surface area (Å²) < 4.78 is 5.56. The van der Waals surface area contributed by atoms with Crippen molar-refractivity contribution in [1.82, 2.24) is 5.16 Å². The van der Waals surface area contributed by atoms with Crippen LogP contribution in [0.25, 0.3) is 0 Å². The number of rotatable bonds is 2. The minimum Gasteiger partial charge on any atom is -0.349 e. The lowest BCUT2D eigenvalue weighted by Gasteiger charge is -2.61. The summed E-state index contributed by atoms with van der Waals surface area (Å²) >= 11 is 2.30. The van der Waals surface area contributed by atoms with Crippen LogP contribution in [0.2, 0.25) is 0 Å². The Labute approximate surface area is 181 Å². The van der Waals surface area contributed by atoms with Crippen molar-refractivity contribution in [2.45, 2.75) is 89.6 Å². The molecule has 0 spiro atoms. The van der Waals surface area contributed by atoms with Gasteiger partial charge in [-0.05, 0) is 101 Å². The molecule has 4 heteroatoms. The molecule has 0 radical (unpaired) electrons. The van der Waals surface area contributed by atoms with Crippen LogP contribution >= 0.6 is 30.1 Å². The van der Waals surface area contributed by atoms with Gasteiger partial charge in [0.05, 0.1) is 5.69 Å². The van der Waals surface area contributed by atoms with Crippen molar-refractivity contribution in [1.29, 1.82) is 0 Å². The summed E-state index contributed by atoms with van der Waals surface area (Å²) in [5.74, 6) is 5.43. The highest BCUT2D eigenvalue weighted by Crippen LogP contribution is 2.69. The number of hydrogen-bond acceptors (Lipinski definition) is 3. The average Bonchev–Trinajstić information content (AvgIpc) is 3.25. The molecular formula is C23H34INOS. The summed E-state index contributed by atoms with van der Waals surface area (Å²) in [5, 5.41) is 5.46. The van der Waals surface area contributed by atoms with Gasteiger partial charge >= 0.3 is 0 Å². The highest BCUT2D eigenvalue weighted by molar-refractivity contribution is 14.2. The van der Waals surface area contributed by atoms with Gasteiger partial charge in [0.2, 0.25) is 5.09 Å². The number of fused-ring (bicyclic) bond motifs is 5. The van der Waals surface area contributed by atoms with E-state index in [4.69, 9.17) is 4.52 Å². The maximum Gasteiger partial charge on any atom is 0.203 e. The van der Waals surface area contributed by atoms with E-state index in [0.717, 1.165) is 34.7 Å². The molecule has 0 N–H and O–H groups in total. The molecule has 4 fully saturated rings. The lowest BCUT2D eigenvalue weighted by Crippen LogP contribution is -2.53. The third kappa shape index (κ3) is 2.89. The summed E-state index contributed by atoms with van der Waals surface area (Å²) in [4.78, 5) is 0. The van der Waals surface area contributed by atoms with Crippen LogP contribution in [0.4, 0.5) is 0 Å². The standard InChI is InChI=1S/C23H34INOS/c1-14-8-10-22(2)15(12-14)4-5-16-17-6-7-19(20-13-21(27-24)26-25-20)23(17,3)11-9-18(16)22/h13-19H,4-12H2,1-3H3. The van der Waals surface area contributed by atoms with Crippen molar-refractivity contribution in [3.63, 3.8) is 0 Å². The fourth-order valence-corrected chi connectivity index (χ4v) is 9.28. The molecule has 0 aromatic carbocycles. The molecule has 4 saturated carbocycles. The van der Waals surface area contributed by atoms with E-state index in [1.165, 1.54) is 63.5 Å². The molecule has 4 aliphatic carbocycles. The highest BCUT2D eigenvalue weighted by atomic mass is 127. The SMILES string of the molecule is CC1CCC2(C)C(CCC3C2CCC2(C)C(c4cc(SI)on4)CCC32)C1. The first-order valence-electron chi connectivity index (χ1n) is 11.2. The van der Waals surface area contributed by atoms with E-state index in [0.29, 0.717) is 16.7 Å². The number of halogens is 1.